The van der Waals surface area contributed by atoms with Gasteiger partial charge in [-0.25, -0.2) is 0 Å². The van der Waals surface area contributed by atoms with Gasteiger partial charge in [0.1, 0.15) is 5.84 Å². The Morgan fingerprint density at radius 3 is 2.50 bits per heavy atom. The molecule has 0 radical (unpaired) electrons. The largest absolute Gasteiger partial charge is 0.339 e. The second-order valence-corrected chi connectivity index (χ2v) is 10.8. The molecule has 7 nitrogen and oxygen atoms in total. The Kier molecular flexibility index (Phi) is 7.16. The molecule has 2 amide bonds. The van der Waals surface area contributed by atoms with Crippen LogP contribution in [-0.2, 0) is 16.0 Å². The molecular weight excluding hydrogens is 474 g/mol. The van der Waals surface area contributed by atoms with Gasteiger partial charge in [-0.1, -0.05) is 79.6 Å². The van der Waals surface area contributed by atoms with Gasteiger partial charge in [0, 0.05) is 38.5 Å². The van der Waals surface area contributed by atoms with Crippen LogP contribution in [0.4, 0.5) is 0 Å². The van der Waals surface area contributed by atoms with Crippen molar-refractivity contribution in [3.63, 3.8) is 0 Å². The van der Waals surface area contributed by atoms with Crippen LogP contribution in [0.5, 0.6) is 0 Å². The highest BCUT2D eigenvalue weighted by Crippen LogP contribution is 2.38. The van der Waals surface area contributed by atoms with Gasteiger partial charge < -0.3 is 14.7 Å². The lowest BCUT2D eigenvalue weighted by Crippen LogP contribution is -2.67. The average Bonchev–Trinajstić information content (AvgIpc) is 3.41. The second-order valence-electron chi connectivity index (χ2n) is 10.8. The smallest absolute Gasteiger partial charge is 0.230 e. The number of nitrogens with one attached hydrogen (secondary N) is 1. The summed E-state index contributed by atoms with van der Waals surface area (Å²) in [5.41, 5.74) is 7.06. The Labute approximate surface area is 225 Å². The van der Waals surface area contributed by atoms with E-state index < -0.39 is 0 Å². The molecule has 0 spiro atoms. The first-order valence-electron chi connectivity index (χ1n) is 14.2. The van der Waals surface area contributed by atoms with Gasteiger partial charge >= 0.3 is 0 Å². The van der Waals surface area contributed by atoms with E-state index in [0.29, 0.717) is 25.9 Å². The first-order valence-corrected chi connectivity index (χ1v) is 14.2. The SMILES string of the molecule is O=C(CCC1=NNC2N(CCc3ccccc3)C(=O)C3CCCCC3N12)N1CC=C(c2ccccc2)CC1. The number of rotatable bonds is 7. The molecule has 2 aromatic carbocycles. The second kappa shape index (κ2) is 11.0. The lowest BCUT2D eigenvalue weighted by atomic mass is 9.80. The van der Waals surface area contributed by atoms with Crippen molar-refractivity contribution in [1.82, 2.24) is 20.1 Å². The molecule has 3 unspecified atom stereocenters. The molecule has 7 heteroatoms. The summed E-state index contributed by atoms with van der Waals surface area (Å²) in [6.07, 6.45) is 8.85. The molecule has 2 fully saturated rings. The Bertz CT molecular complexity index is 1210. The summed E-state index contributed by atoms with van der Waals surface area (Å²) in [6, 6.07) is 20.9. The van der Waals surface area contributed by atoms with Crippen molar-refractivity contribution in [2.45, 2.75) is 63.7 Å². The predicted octanol–water partition coefficient (Wildman–Crippen LogP) is 4.23. The topological polar surface area (TPSA) is 68.2 Å². The van der Waals surface area contributed by atoms with Gasteiger partial charge in [-0.2, -0.15) is 5.10 Å². The Hall–Kier alpha value is -3.61. The molecular formula is C31H37N5O2. The molecule has 1 aliphatic carbocycles. The van der Waals surface area contributed by atoms with Gasteiger partial charge in [0.25, 0.3) is 0 Å². The van der Waals surface area contributed by atoms with E-state index in [9.17, 15) is 9.59 Å². The Morgan fingerprint density at radius 2 is 1.74 bits per heavy atom. The van der Waals surface area contributed by atoms with Crippen molar-refractivity contribution >= 4 is 23.2 Å². The average molecular weight is 512 g/mol. The monoisotopic (exact) mass is 511 g/mol. The maximum atomic E-state index is 13.6. The number of carbonyl (C=O) groups is 2. The zero-order chi connectivity index (χ0) is 25.9. The van der Waals surface area contributed by atoms with Crippen molar-refractivity contribution < 1.29 is 9.59 Å². The number of carbonyl (C=O) groups excluding carboxylic acids is 2. The molecule has 1 N–H and O–H groups in total. The van der Waals surface area contributed by atoms with E-state index in [2.05, 4.69) is 52.8 Å². The van der Waals surface area contributed by atoms with E-state index >= 15 is 0 Å². The summed E-state index contributed by atoms with van der Waals surface area (Å²) < 4.78 is 0. The van der Waals surface area contributed by atoms with Crippen LogP contribution < -0.4 is 5.43 Å². The zero-order valence-electron chi connectivity index (χ0n) is 22.0. The van der Waals surface area contributed by atoms with Crippen LogP contribution in [0.15, 0.2) is 71.8 Å². The lowest BCUT2D eigenvalue weighted by molar-refractivity contribution is -0.155. The standard InChI is InChI=1S/C31H37N5O2/c37-29(34-20-18-25(19-21-34)24-11-5-2-6-12-24)16-15-28-32-33-31-35(22-17-23-9-3-1-4-10-23)30(38)26-13-7-8-14-27(26)36(28)31/h1-6,9-12,18,26-27,31,33H,7-8,13-17,19-22H2. The number of fused-ring (bicyclic) bond motifs is 3. The molecule has 38 heavy (non-hydrogen) atoms. The number of amides is 2. The van der Waals surface area contributed by atoms with Gasteiger partial charge in [0.05, 0.1) is 5.92 Å². The maximum Gasteiger partial charge on any atom is 0.230 e. The fraction of sp³-hybridized carbons (Fsp3) is 0.452. The van der Waals surface area contributed by atoms with E-state index in [4.69, 9.17) is 5.10 Å². The number of nitrogens with zero attached hydrogens (tertiary/aromatic N) is 4. The van der Waals surface area contributed by atoms with Crippen molar-refractivity contribution in [2.24, 2.45) is 11.0 Å². The molecule has 1 saturated heterocycles. The molecule has 3 atom stereocenters. The minimum atomic E-state index is -0.248. The van der Waals surface area contributed by atoms with Crippen LogP contribution >= 0.6 is 0 Å². The van der Waals surface area contributed by atoms with Crippen molar-refractivity contribution in [1.29, 1.82) is 0 Å². The summed E-state index contributed by atoms with van der Waals surface area (Å²) in [5.74, 6) is 1.37. The van der Waals surface area contributed by atoms with Crippen LogP contribution in [-0.4, -0.2) is 64.3 Å². The maximum absolute atomic E-state index is 13.6. The Balaban J connectivity index is 1.10. The van der Waals surface area contributed by atoms with Crippen LogP contribution in [0, 0.1) is 5.92 Å². The van der Waals surface area contributed by atoms with Crippen molar-refractivity contribution in [3.05, 3.63) is 77.9 Å². The molecule has 3 aliphatic heterocycles. The van der Waals surface area contributed by atoms with E-state index in [1.165, 1.54) is 16.7 Å². The molecule has 198 valence electrons. The van der Waals surface area contributed by atoms with Crippen LogP contribution in [0.25, 0.3) is 5.57 Å². The fourth-order valence-corrected chi connectivity index (χ4v) is 6.55. The lowest BCUT2D eigenvalue weighted by Gasteiger charge is -2.50. The van der Waals surface area contributed by atoms with Gasteiger partial charge in [-0.3, -0.25) is 15.0 Å². The van der Waals surface area contributed by atoms with Gasteiger partial charge in [-0.05, 0) is 42.4 Å². The molecule has 1 saturated carbocycles. The number of benzene rings is 2. The van der Waals surface area contributed by atoms with Crippen LogP contribution in [0.1, 0.15) is 56.1 Å². The zero-order valence-corrected chi connectivity index (χ0v) is 22.0. The summed E-state index contributed by atoms with van der Waals surface area (Å²) in [5, 5.41) is 4.70. The third-order valence-corrected chi connectivity index (χ3v) is 8.61. The number of hydrogen-bond acceptors (Lipinski definition) is 5. The first-order chi connectivity index (χ1) is 18.7. The quantitative estimate of drug-likeness (QED) is 0.604. The highest BCUT2D eigenvalue weighted by molar-refractivity contribution is 5.91. The molecule has 0 aromatic heterocycles. The van der Waals surface area contributed by atoms with E-state index in [1.54, 1.807) is 0 Å². The molecule has 6 rings (SSSR count). The van der Waals surface area contributed by atoms with E-state index in [1.807, 2.05) is 34.1 Å². The third kappa shape index (κ3) is 4.94. The third-order valence-electron chi connectivity index (χ3n) is 8.61. The number of amidine groups is 1. The number of hydrazone groups is 1. The van der Waals surface area contributed by atoms with Gasteiger partial charge in [-0.15, -0.1) is 0 Å². The predicted molar refractivity (Wildman–Crippen MR) is 149 cm³/mol. The summed E-state index contributed by atoms with van der Waals surface area (Å²) in [4.78, 5) is 33.0. The van der Waals surface area contributed by atoms with E-state index in [-0.39, 0.29) is 30.1 Å². The number of hydrogen-bond donors (Lipinski definition) is 1. The van der Waals surface area contributed by atoms with Gasteiger partial charge in [0.15, 0.2) is 6.29 Å². The van der Waals surface area contributed by atoms with Crippen LogP contribution in [0.3, 0.4) is 0 Å². The highest BCUT2D eigenvalue weighted by Gasteiger charge is 2.50. The summed E-state index contributed by atoms with van der Waals surface area (Å²) in [6.45, 7) is 2.07. The minimum Gasteiger partial charge on any atom is -0.339 e. The minimum absolute atomic E-state index is 0.0141. The summed E-state index contributed by atoms with van der Waals surface area (Å²) >= 11 is 0. The molecule has 0 bridgehead atoms. The van der Waals surface area contributed by atoms with Crippen molar-refractivity contribution in [2.75, 3.05) is 19.6 Å². The van der Waals surface area contributed by atoms with Gasteiger partial charge in [0.2, 0.25) is 11.8 Å². The molecule has 3 heterocycles. The molecule has 4 aliphatic rings. The summed E-state index contributed by atoms with van der Waals surface area (Å²) in [7, 11) is 0. The van der Waals surface area contributed by atoms with Crippen LogP contribution in [0.2, 0.25) is 0 Å². The Morgan fingerprint density at radius 1 is 0.974 bits per heavy atom. The highest BCUT2D eigenvalue weighted by atomic mass is 16.2. The fourth-order valence-electron chi connectivity index (χ4n) is 6.55. The first kappa shape index (κ1) is 24.7. The normalized spacial score (nSPS) is 24.8. The van der Waals surface area contributed by atoms with E-state index in [0.717, 1.165) is 50.9 Å². The molecule has 2 aromatic rings. The van der Waals surface area contributed by atoms with Crippen molar-refractivity contribution in [3.8, 4) is 0 Å².